The molecule has 4 rings (SSSR count). The Bertz CT molecular complexity index is 1480. The van der Waals surface area contributed by atoms with E-state index >= 15 is 0 Å². The van der Waals surface area contributed by atoms with Crippen LogP contribution in [0.25, 0.3) is 21.7 Å². The van der Waals surface area contributed by atoms with Gasteiger partial charge in [0.2, 0.25) is 5.91 Å². The third kappa shape index (κ3) is 4.87. The summed E-state index contributed by atoms with van der Waals surface area (Å²) in [6, 6.07) is 11.8. The number of fused-ring (bicyclic) bond motifs is 3. The highest BCUT2D eigenvalue weighted by Crippen LogP contribution is 2.31. The zero-order chi connectivity index (χ0) is 25.1. The van der Waals surface area contributed by atoms with E-state index in [1.54, 1.807) is 6.26 Å². The van der Waals surface area contributed by atoms with Crippen LogP contribution in [0.2, 0.25) is 0 Å². The summed E-state index contributed by atoms with van der Waals surface area (Å²) in [7, 11) is 0. The molecule has 0 atom stereocenters. The summed E-state index contributed by atoms with van der Waals surface area (Å²) < 4.78 is 7.10. The number of nitrogens with two attached hydrogens (primary N) is 1. The Balaban J connectivity index is 1.77. The monoisotopic (exact) mass is 476 g/mol. The average Bonchev–Trinajstić information content (AvgIpc) is 3.23. The number of rotatable bonds is 9. The maximum Gasteiger partial charge on any atom is 0.330 e. The van der Waals surface area contributed by atoms with E-state index in [9.17, 15) is 14.4 Å². The number of benzene rings is 2. The summed E-state index contributed by atoms with van der Waals surface area (Å²) in [5.41, 5.74) is 6.60. The number of carbonyl (C=O) groups is 1. The maximum atomic E-state index is 13.7. The van der Waals surface area contributed by atoms with E-state index in [1.165, 1.54) is 9.47 Å². The quantitative estimate of drug-likeness (QED) is 0.371. The van der Waals surface area contributed by atoms with Gasteiger partial charge in [0.1, 0.15) is 11.4 Å². The van der Waals surface area contributed by atoms with Crippen molar-refractivity contribution in [2.24, 2.45) is 5.92 Å². The van der Waals surface area contributed by atoms with Gasteiger partial charge in [0.05, 0.1) is 12.7 Å². The molecule has 0 saturated heterocycles. The number of unbranched alkanes of at least 4 members (excludes halogenated alkanes) is 1. The maximum absolute atomic E-state index is 13.7. The summed E-state index contributed by atoms with van der Waals surface area (Å²) in [6.45, 7) is 6.79. The summed E-state index contributed by atoms with van der Waals surface area (Å²) in [5, 5.41) is 2.94. The number of aromatic amines is 1. The number of nitrogens with one attached hydrogen (secondary N) is 1. The fourth-order valence-electron chi connectivity index (χ4n) is 4.39. The molecule has 4 aromatic rings. The van der Waals surface area contributed by atoms with Crippen LogP contribution in [0.4, 0.5) is 11.5 Å². The second-order valence-electron chi connectivity index (χ2n) is 9.32. The standard InChI is InChI=1S/C27H32N4O4/c1-4-5-13-31-25(28)24(26(33)29-27(31)34)30(14-12-17(2)3)22(32)15-19-16-35-21-11-10-18-8-6-7-9-20(18)23(19)21/h6-11,16-17H,4-5,12-15,28H2,1-3H3,(H,29,33,34). The number of hydrogen-bond acceptors (Lipinski definition) is 5. The minimum absolute atomic E-state index is 0.0202. The molecular formula is C27H32N4O4. The molecule has 0 spiro atoms. The van der Waals surface area contributed by atoms with Crippen molar-refractivity contribution in [3.05, 3.63) is 69.1 Å². The predicted molar refractivity (Wildman–Crippen MR) is 140 cm³/mol. The van der Waals surface area contributed by atoms with E-state index in [0.717, 1.165) is 34.6 Å². The number of nitrogen functional groups attached to an aromatic ring is 1. The molecule has 8 nitrogen and oxygen atoms in total. The zero-order valence-electron chi connectivity index (χ0n) is 20.5. The Morgan fingerprint density at radius 2 is 1.94 bits per heavy atom. The largest absolute Gasteiger partial charge is 0.464 e. The van der Waals surface area contributed by atoms with E-state index in [4.69, 9.17) is 10.2 Å². The van der Waals surface area contributed by atoms with E-state index in [2.05, 4.69) is 4.98 Å². The second kappa shape index (κ2) is 10.2. The fraction of sp³-hybridized carbons (Fsp3) is 0.370. The highest BCUT2D eigenvalue weighted by Gasteiger charge is 2.25. The molecule has 0 aliphatic rings. The summed E-state index contributed by atoms with van der Waals surface area (Å²) >= 11 is 0. The summed E-state index contributed by atoms with van der Waals surface area (Å²) in [4.78, 5) is 42.8. The van der Waals surface area contributed by atoms with E-state index in [0.29, 0.717) is 31.0 Å². The SMILES string of the molecule is CCCCn1c(N)c(N(CCC(C)C)C(=O)Cc2coc3ccc4ccccc4c23)c(=O)[nH]c1=O. The van der Waals surface area contributed by atoms with Crippen molar-refractivity contribution in [3.8, 4) is 0 Å². The molecule has 0 radical (unpaired) electrons. The van der Waals surface area contributed by atoms with E-state index < -0.39 is 11.2 Å². The molecule has 8 heteroatoms. The van der Waals surface area contributed by atoms with Crippen LogP contribution < -0.4 is 21.9 Å². The van der Waals surface area contributed by atoms with E-state index in [-0.39, 0.29) is 23.8 Å². The highest BCUT2D eigenvalue weighted by atomic mass is 16.3. The lowest BCUT2D eigenvalue weighted by Crippen LogP contribution is -2.42. The van der Waals surface area contributed by atoms with Crippen molar-refractivity contribution in [1.82, 2.24) is 9.55 Å². The van der Waals surface area contributed by atoms with Crippen LogP contribution in [-0.2, 0) is 17.8 Å². The number of furan rings is 1. The highest BCUT2D eigenvalue weighted by molar-refractivity contribution is 6.09. The van der Waals surface area contributed by atoms with Crippen molar-refractivity contribution < 1.29 is 9.21 Å². The molecule has 184 valence electrons. The van der Waals surface area contributed by atoms with Gasteiger partial charge in [-0.1, -0.05) is 57.5 Å². The normalized spacial score (nSPS) is 11.5. The van der Waals surface area contributed by atoms with Crippen LogP contribution >= 0.6 is 0 Å². The van der Waals surface area contributed by atoms with E-state index in [1.807, 2.05) is 57.2 Å². The Morgan fingerprint density at radius 3 is 2.69 bits per heavy atom. The van der Waals surface area contributed by atoms with Gasteiger partial charge in [-0.3, -0.25) is 19.1 Å². The van der Waals surface area contributed by atoms with Crippen LogP contribution in [0.3, 0.4) is 0 Å². The Morgan fingerprint density at radius 1 is 1.17 bits per heavy atom. The molecule has 0 aliphatic carbocycles. The molecule has 1 amide bonds. The van der Waals surface area contributed by atoms with Crippen molar-refractivity contribution in [2.45, 2.75) is 53.0 Å². The molecule has 3 N–H and O–H groups in total. The van der Waals surface area contributed by atoms with Gasteiger partial charge in [-0.2, -0.15) is 0 Å². The van der Waals surface area contributed by atoms with Gasteiger partial charge in [-0.05, 0) is 35.6 Å². The van der Waals surface area contributed by atoms with Crippen molar-refractivity contribution in [3.63, 3.8) is 0 Å². The fourth-order valence-corrected chi connectivity index (χ4v) is 4.39. The first-order chi connectivity index (χ1) is 16.8. The smallest absolute Gasteiger partial charge is 0.330 e. The molecule has 2 aromatic heterocycles. The second-order valence-corrected chi connectivity index (χ2v) is 9.32. The minimum Gasteiger partial charge on any atom is -0.464 e. The molecule has 0 fully saturated rings. The predicted octanol–water partition coefficient (Wildman–Crippen LogP) is 4.44. The van der Waals surface area contributed by atoms with Gasteiger partial charge in [-0.15, -0.1) is 0 Å². The number of nitrogens with zero attached hydrogens (tertiary/aromatic N) is 2. The third-order valence-corrected chi connectivity index (χ3v) is 6.33. The molecule has 0 aliphatic heterocycles. The van der Waals surface area contributed by atoms with Crippen LogP contribution in [0, 0.1) is 5.92 Å². The molecule has 0 unspecified atom stereocenters. The average molecular weight is 477 g/mol. The van der Waals surface area contributed by atoms with Crippen LogP contribution in [-0.4, -0.2) is 22.0 Å². The van der Waals surface area contributed by atoms with Gasteiger partial charge < -0.3 is 15.1 Å². The minimum atomic E-state index is -0.653. The molecule has 35 heavy (non-hydrogen) atoms. The number of anilines is 2. The number of amides is 1. The van der Waals surface area contributed by atoms with Crippen molar-refractivity contribution in [2.75, 3.05) is 17.2 Å². The summed E-state index contributed by atoms with van der Waals surface area (Å²) in [6.07, 6.45) is 3.90. The molecule has 0 saturated carbocycles. The van der Waals surface area contributed by atoms with Gasteiger partial charge in [0.25, 0.3) is 5.56 Å². The van der Waals surface area contributed by atoms with Crippen LogP contribution in [0.15, 0.2) is 56.7 Å². The first-order valence-electron chi connectivity index (χ1n) is 12.1. The number of carbonyl (C=O) groups excluding carboxylic acids is 1. The number of hydrogen-bond donors (Lipinski definition) is 2. The van der Waals surface area contributed by atoms with Crippen LogP contribution in [0.5, 0.6) is 0 Å². The van der Waals surface area contributed by atoms with Gasteiger partial charge in [0, 0.05) is 24.0 Å². The van der Waals surface area contributed by atoms with Gasteiger partial charge >= 0.3 is 5.69 Å². The topological polar surface area (TPSA) is 114 Å². The Labute approximate surface area is 203 Å². The molecule has 2 aromatic carbocycles. The lowest BCUT2D eigenvalue weighted by molar-refractivity contribution is -0.118. The van der Waals surface area contributed by atoms with Crippen molar-refractivity contribution >= 4 is 39.2 Å². The molecular weight excluding hydrogens is 444 g/mol. The lowest BCUT2D eigenvalue weighted by atomic mass is 10.0. The zero-order valence-corrected chi connectivity index (χ0v) is 20.5. The van der Waals surface area contributed by atoms with Gasteiger partial charge in [0.15, 0.2) is 5.69 Å². The third-order valence-electron chi connectivity index (χ3n) is 6.33. The Kier molecular flexibility index (Phi) is 7.10. The summed E-state index contributed by atoms with van der Waals surface area (Å²) in [5.74, 6) is 0.0429. The van der Waals surface area contributed by atoms with Crippen LogP contribution in [0.1, 0.15) is 45.6 Å². The lowest BCUT2D eigenvalue weighted by Gasteiger charge is -2.25. The molecule has 2 heterocycles. The van der Waals surface area contributed by atoms with Gasteiger partial charge in [-0.25, -0.2) is 4.79 Å². The number of H-pyrrole nitrogens is 1. The first kappa shape index (κ1) is 24.3. The number of aromatic nitrogens is 2. The molecule has 0 bridgehead atoms. The van der Waals surface area contributed by atoms with Crippen molar-refractivity contribution in [1.29, 1.82) is 0 Å². The first-order valence-corrected chi connectivity index (χ1v) is 12.1. The Hall–Kier alpha value is -3.81.